The minimum atomic E-state index is -0.139. The molecular formula is C13H16Cl2N2O. The maximum atomic E-state index is 12.2. The number of anilines is 1. The molecular weight excluding hydrogens is 271 g/mol. The van der Waals surface area contributed by atoms with Crippen LogP contribution in [0.4, 0.5) is 5.69 Å². The van der Waals surface area contributed by atoms with E-state index >= 15 is 0 Å². The molecule has 0 spiro atoms. The van der Waals surface area contributed by atoms with Gasteiger partial charge in [-0.25, -0.2) is 0 Å². The number of benzene rings is 1. The van der Waals surface area contributed by atoms with Crippen LogP contribution in [0.15, 0.2) is 12.1 Å². The van der Waals surface area contributed by atoms with Crippen LogP contribution in [0.5, 0.6) is 0 Å². The zero-order valence-corrected chi connectivity index (χ0v) is 11.7. The van der Waals surface area contributed by atoms with E-state index in [0.29, 0.717) is 21.3 Å². The number of hydrogen-bond donors (Lipinski definition) is 2. The van der Waals surface area contributed by atoms with E-state index in [-0.39, 0.29) is 11.4 Å². The van der Waals surface area contributed by atoms with Crippen LogP contribution in [-0.4, -0.2) is 11.4 Å². The Morgan fingerprint density at radius 1 is 1.39 bits per heavy atom. The highest BCUT2D eigenvalue weighted by Crippen LogP contribution is 2.35. The predicted molar refractivity (Wildman–Crippen MR) is 75.2 cm³/mol. The Balaban J connectivity index is 2.19. The lowest BCUT2D eigenvalue weighted by atomic mass is 9.74. The largest absolute Gasteiger partial charge is 0.396 e. The summed E-state index contributed by atoms with van der Waals surface area (Å²) in [5.41, 5.74) is 6.37. The van der Waals surface area contributed by atoms with Crippen LogP contribution >= 0.6 is 23.2 Å². The van der Waals surface area contributed by atoms with Crippen LogP contribution in [0.1, 0.15) is 43.0 Å². The highest BCUT2D eigenvalue weighted by molar-refractivity contribution is 6.39. The van der Waals surface area contributed by atoms with E-state index in [9.17, 15) is 4.79 Å². The summed E-state index contributed by atoms with van der Waals surface area (Å²) in [6.07, 6.45) is 4.17. The minimum absolute atomic E-state index is 0.0442. The molecule has 1 saturated carbocycles. The molecule has 0 bridgehead atoms. The Morgan fingerprint density at radius 3 is 2.33 bits per heavy atom. The first-order valence-electron chi connectivity index (χ1n) is 6.04. The minimum Gasteiger partial charge on any atom is -0.396 e. The van der Waals surface area contributed by atoms with Gasteiger partial charge in [0.1, 0.15) is 0 Å². The summed E-state index contributed by atoms with van der Waals surface area (Å²) in [5.74, 6) is -0.139. The molecule has 1 aliphatic rings. The standard InChI is InChI=1S/C13H16Cl2N2O/c1-2-13(4-3-5-13)17-12(18)8-6-9(14)11(16)10(15)7-8/h6-7H,2-5,16H2,1H3,(H,17,18). The lowest BCUT2D eigenvalue weighted by Gasteiger charge is -2.42. The molecule has 5 heteroatoms. The smallest absolute Gasteiger partial charge is 0.251 e. The number of rotatable bonds is 3. The van der Waals surface area contributed by atoms with Crippen molar-refractivity contribution in [2.75, 3.05) is 5.73 Å². The fourth-order valence-corrected chi connectivity index (χ4v) is 2.69. The van der Waals surface area contributed by atoms with E-state index < -0.39 is 0 Å². The third-order valence-electron chi connectivity index (χ3n) is 3.71. The second-order valence-electron chi connectivity index (χ2n) is 4.80. The third-order valence-corrected chi connectivity index (χ3v) is 4.33. The number of halogens is 2. The predicted octanol–water partition coefficient (Wildman–Crippen LogP) is 3.64. The molecule has 0 aromatic heterocycles. The van der Waals surface area contributed by atoms with Gasteiger partial charge in [-0.3, -0.25) is 4.79 Å². The van der Waals surface area contributed by atoms with Crippen LogP contribution in [0.2, 0.25) is 10.0 Å². The lowest BCUT2D eigenvalue weighted by Crippen LogP contribution is -2.52. The van der Waals surface area contributed by atoms with E-state index in [0.717, 1.165) is 25.7 Å². The fraction of sp³-hybridized carbons (Fsp3) is 0.462. The van der Waals surface area contributed by atoms with Crippen molar-refractivity contribution in [3.05, 3.63) is 27.7 Å². The second-order valence-corrected chi connectivity index (χ2v) is 5.61. The summed E-state index contributed by atoms with van der Waals surface area (Å²) in [6, 6.07) is 3.11. The van der Waals surface area contributed by atoms with Crippen molar-refractivity contribution in [3.8, 4) is 0 Å². The summed E-state index contributed by atoms with van der Waals surface area (Å²) in [6.45, 7) is 2.09. The van der Waals surface area contributed by atoms with E-state index in [1.807, 2.05) is 0 Å². The van der Waals surface area contributed by atoms with E-state index in [1.165, 1.54) is 0 Å². The number of nitrogens with two attached hydrogens (primary N) is 1. The molecule has 0 heterocycles. The fourth-order valence-electron chi connectivity index (χ4n) is 2.20. The monoisotopic (exact) mass is 286 g/mol. The first-order chi connectivity index (χ1) is 8.47. The number of nitrogen functional groups attached to an aromatic ring is 1. The SMILES string of the molecule is CCC1(NC(=O)c2cc(Cl)c(N)c(Cl)c2)CCC1. The quantitative estimate of drug-likeness (QED) is 0.834. The van der Waals surface area contributed by atoms with E-state index in [4.69, 9.17) is 28.9 Å². The zero-order valence-electron chi connectivity index (χ0n) is 10.2. The van der Waals surface area contributed by atoms with Crippen LogP contribution in [-0.2, 0) is 0 Å². The van der Waals surface area contributed by atoms with Crippen molar-refractivity contribution in [2.24, 2.45) is 0 Å². The number of amides is 1. The third kappa shape index (κ3) is 2.43. The Bertz CT molecular complexity index is 455. The summed E-state index contributed by atoms with van der Waals surface area (Å²) >= 11 is 11.9. The van der Waals surface area contributed by atoms with E-state index in [1.54, 1.807) is 12.1 Å². The molecule has 0 unspecified atom stereocenters. The van der Waals surface area contributed by atoms with Crippen molar-refractivity contribution in [1.29, 1.82) is 0 Å². The Hall–Kier alpha value is -0.930. The molecule has 1 aliphatic carbocycles. The molecule has 1 amide bonds. The Kier molecular flexibility index (Phi) is 3.74. The van der Waals surface area contributed by atoms with Crippen molar-refractivity contribution < 1.29 is 4.79 Å². The molecule has 0 atom stereocenters. The molecule has 0 radical (unpaired) electrons. The van der Waals surface area contributed by atoms with Gasteiger partial charge in [0.05, 0.1) is 15.7 Å². The van der Waals surface area contributed by atoms with Crippen molar-refractivity contribution in [3.63, 3.8) is 0 Å². The molecule has 0 aliphatic heterocycles. The number of carbonyl (C=O) groups is 1. The molecule has 0 saturated heterocycles. The van der Waals surface area contributed by atoms with Gasteiger partial charge in [-0.05, 0) is 37.8 Å². The van der Waals surface area contributed by atoms with E-state index in [2.05, 4.69) is 12.2 Å². The average Bonchev–Trinajstić information content (AvgIpc) is 2.29. The maximum absolute atomic E-state index is 12.2. The molecule has 3 nitrogen and oxygen atoms in total. The molecule has 98 valence electrons. The average molecular weight is 287 g/mol. The van der Waals surface area contributed by atoms with Gasteiger partial charge in [0.2, 0.25) is 0 Å². The Morgan fingerprint density at radius 2 is 1.94 bits per heavy atom. The highest BCUT2D eigenvalue weighted by atomic mass is 35.5. The normalized spacial score (nSPS) is 17.1. The molecule has 2 rings (SSSR count). The number of nitrogens with one attached hydrogen (secondary N) is 1. The molecule has 1 aromatic carbocycles. The molecule has 1 aromatic rings. The van der Waals surface area contributed by atoms with Gasteiger partial charge in [0, 0.05) is 11.1 Å². The van der Waals surface area contributed by atoms with Gasteiger partial charge < -0.3 is 11.1 Å². The van der Waals surface area contributed by atoms with Crippen molar-refractivity contribution in [1.82, 2.24) is 5.32 Å². The van der Waals surface area contributed by atoms with Crippen LogP contribution in [0, 0.1) is 0 Å². The number of hydrogen-bond acceptors (Lipinski definition) is 2. The van der Waals surface area contributed by atoms with Crippen LogP contribution in [0.25, 0.3) is 0 Å². The van der Waals surface area contributed by atoms with Crippen molar-refractivity contribution >= 4 is 34.8 Å². The summed E-state index contributed by atoms with van der Waals surface area (Å²) in [7, 11) is 0. The van der Waals surface area contributed by atoms with Gasteiger partial charge in [0.25, 0.3) is 5.91 Å². The van der Waals surface area contributed by atoms with Crippen LogP contribution in [0.3, 0.4) is 0 Å². The van der Waals surface area contributed by atoms with Crippen molar-refractivity contribution in [2.45, 2.75) is 38.1 Å². The maximum Gasteiger partial charge on any atom is 0.251 e. The summed E-state index contributed by atoms with van der Waals surface area (Å²) < 4.78 is 0. The van der Waals surface area contributed by atoms with Gasteiger partial charge >= 0.3 is 0 Å². The Labute approximate surface area is 117 Å². The van der Waals surface area contributed by atoms with Gasteiger partial charge in [-0.15, -0.1) is 0 Å². The molecule has 18 heavy (non-hydrogen) atoms. The van der Waals surface area contributed by atoms with Crippen LogP contribution < -0.4 is 11.1 Å². The van der Waals surface area contributed by atoms with Gasteiger partial charge in [-0.1, -0.05) is 30.1 Å². The number of carbonyl (C=O) groups excluding carboxylic acids is 1. The summed E-state index contributed by atoms with van der Waals surface area (Å²) in [4.78, 5) is 12.2. The second kappa shape index (κ2) is 4.98. The first-order valence-corrected chi connectivity index (χ1v) is 6.80. The van der Waals surface area contributed by atoms with Gasteiger partial charge in [-0.2, -0.15) is 0 Å². The topological polar surface area (TPSA) is 55.1 Å². The molecule has 1 fully saturated rings. The zero-order chi connectivity index (χ0) is 13.3. The molecule has 3 N–H and O–H groups in total. The lowest BCUT2D eigenvalue weighted by molar-refractivity contribution is 0.0820. The highest BCUT2D eigenvalue weighted by Gasteiger charge is 2.36. The van der Waals surface area contributed by atoms with Gasteiger partial charge in [0.15, 0.2) is 0 Å². The first kappa shape index (κ1) is 13.5. The summed E-state index contributed by atoms with van der Waals surface area (Å²) in [5, 5.41) is 3.70.